The Hall–Kier alpha value is -1.65. The molecule has 0 radical (unpaired) electrons. The third kappa shape index (κ3) is 3.46. The Morgan fingerprint density at radius 1 is 1.40 bits per heavy atom. The second-order valence-electron chi connectivity index (χ2n) is 5.51. The fourth-order valence-electron chi connectivity index (χ4n) is 2.59. The van der Waals surface area contributed by atoms with Gasteiger partial charge in [0.25, 0.3) is 0 Å². The normalized spacial score (nSPS) is 29.4. The van der Waals surface area contributed by atoms with Crippen LogP contribution in [0.25, 0.3) is 0 Å². The third-order valence-electron chi connectivity index (χ3n) is 3.96. The molecule has 5 heteroatoms. The van der Waals surface area contributed by atoms with Crippen molar-refractivity contribution in [1.29, 1.82) is 0 Å². The lowest BCUT2D eigenvalue weighted by atomic mass is 9.64. The Morgan fingerprint density at radius 2 is 2.05 bits per heavy atom. The van der Waals surface area contributed by atoms with Gasteiger partial charge in [-0.05, 0) is 39.0 Å². The van der Waals surface area contributed by atoms with Gasteiger partial charge in [0.05, 0.1) is 17.9 Å². The van der Waals surface area contributed by atoms with E-state index in [0.29, 0.717) is 18.8 Å². The van der Waals surface area contributed by atoms with Gasteiger partial charge < -0.3 is 9.47 Å². The minimum atomic E-state index is -1.02. The van der Waals surface area contributed by atoms with E-state index in [2.05, 4.69) is 6.58 Å². The molecule has 0 aliphatic heterocycles. The Morgan fingerprint density at radius 3 is 2.60 bits per heavy atom. The molecule has 0 bridgehead atoms. The molecule has 20 heavy (non-hydrogen) atoms. The summed E-state index contributed by atoms with van der Waals surface area (Å²) in [7, 11) is 0. The summed E-state index contributed by atoms with van der Waals surface area (Å²) >= 11 is 0. The van der Waals surface area contributed by atoms with E-state index in [4.69, 9.17) is 9.47 Å². The lowest BCUT2D eigenvalue weighted by Gasteiger charge is -2.39. The quantitative estimate of drug-likeness (QED) is 0.449. The maximum Gasteiger partial charge on any atom is 0.337 e. The Balaban J connectivity index is 2.95. The van der Waals surface area contributed by atoms with Gasteiger partial charge in [-0.25, -0.2) is 4.79 Å². The smallest absolute Gasteiger partial charge is 0.337 e. The molecule has 1 saturated carbocycles. The Bertz CT molecular complexity index is 414. The second-order valence-corrected chi connectivity index (χ2v) is 5.51. The molecule has 0 heterocycles. The predicted octanol–water partition coefficient (Wildman–Crippen LogP) is 2.25. The summed E-state index contributed by atoms with van der Waals surface area (Å²) in [4.78, 5) is 35.5. The summed E-state index contributed by atoms with van der Waals surface area (Å²) in [6, 6.07) is 0. The average Bonchev–Trinajstić information content (AvgIpc) is 2.41. The van der Waals surface area contributed by atoms with Gasteiger partial charge in [-0.15, -0.1) is 0 Å². The van der Waals surface area contributed by atoms with E-state index in [9.17, 15) is 14.4 Å². The zero-order valence-corrected chi connectivity index (χ0v) is 12.3. The summed E-state index contributed by atoms with van der Waals surface area (Å²) in [5.74, 6) is -2.11. The van der Waals surface area contributed by atoms with Crippen molar-refractivity contribution in [1.82, 2.24) is 0 Å². The molecular formula is C15H22O5. The number of ether oxygens (including phenoxy) is 2. The van der Waals surface area contributed by atoms with Crippen molar-refractivity contribution in [3.63, 3.8) is 0 Å². The molecule has 0 spiro atoms. The second kappa shape index (κ2) is 6.68. The van der Waals surface area contributed by atoms with Crippen LogP contribution in [-0.4, -0.2) is 24.5 Å². The number of esters is 3. The van der Waals surface area contributed by atoms with Crippen LogP contribution in [0.1, 0.15) is 40.0 Å². The highest BCUT2D eigenvalue weighted by Gasteiger charge is 2.50. The molecule has 0 saturated heterocycles. The first kappa shape index (κ1) is 16.4. The summed E-state index contributed by atoms with van der Waals surface area (Å²) in [5, 5.41) is 0. The molecule has 1 rings (SSSR count). The highest BCUT2D eigenvalue weighted by atomic mass is 16.6. The fraction of sp³-hybridized carbons (Fsp3) is 0.667. The van der Waals surface area contributed by atoms with Crippen LogP contribution in [-0.2, 0) is 23.9 Å². The third-order valence-corrected chi connectivity index (χ3v) is 3.96. The Kier molecular flexibility index (Phi) is 5.48. The van der Waals surface area contributed by atoms with Crippen LogP contribution < -0.4 is 0 Å². The van der Waals surface area contributed by atoms with Gasteiger partial charge in [0, 0.05) is 6.08 Å². The van der Waals surface area contributed by atoms with Gasteiger partial charge >= 0.3 is 17.9 Å². The summed E-state index contributed by atoms with van der Waals surface area (Å²) in [6.45, 7) is 8.95. The lowest BCUT2D eigenvalue weighted by Crippen LogP contribution is -2.46. The Labute approximate surface area is 119 Å². The van der Waals surface area contributed by atoms with E-state index in [-0.39, 0.29) is 6.61 Å². The molecule has 3 unspecified atom stereocenters. The SMILES string of the molecule is C=CC(=O)OC(=O)C1(C)CCC(C)CC1C(=O)OCC. The van der Waals surface area contributed by atoms with Crippen molar-refractivity contribution in [2.45, 2.75) is 40.0 Å². The molecule has 3 atom stereocenters. The molecule has 0 aromatic rings. The van der Waals surface area contributed by atoms with Crippen molar-refractivity contribution in [3.05, 3.63) is 12.7 Å². The van der Waals surface area contributed by atoms with Gasteiger partial charge in [0.1, 0.15) is 0 Å². The van der Waals surface area contributed by atoms with Crippen molar-refractivity contribution < 1.29 is 23.9 Å². The van der Waals surface area contributed by atoms with Crippen LogP contribution in [0, 0.1) is 17.3 Å². The average molecular weight is 282 g/mol. The first-order chi connectivity index (χ1) is 9.35. The lowest BCUT2D eigenvalue weighted by molar-refractivity contribution is -0.176. The molecule has 0 amide bonds. The molecule has 112 valence electrons. The van der Waals surface area contributed by atoms with E-state index >= 15 is 0 Å². The minimum Gasteiger partial charge on any atom is -0.466 e. The van der Waals surface area contributed by atoms with E-state index in [1.807, 2.05) is 6.92 Å². The number of carbonyl (C=O) groups is 3. The highest BCUT2D eigenvalue weighted by Crippen LogP contribution is 2.45. The zero-order chi connectivity index (χ0) is 15.3. The van der Waals surface area contributed by atoms with Crippen LogP contribution in [0.3, 0.4) is 0 Å². The van der Waals surface area contributed by atoms with Crippen molar-refractivity contribution in [2.24, 2.45) is 17.3 Å². The largest absolute Gasteiger partial charge is 0.466 e. The van der Waals surface area contributed by atoms with E-state index in [1.165, 1.54) is 0 Å². The van der Waals surface area contributed by atoms with E-state index in [1.54, 1.807) is 13.8 Å². The van der Waals surface area contributed by atoms with Crippen LogP contribution in [0.5, 0.6) is 0 Å². The van der Waals surface area contributed by atoms with Crippen LogP contribution in [0.4, 0.5) is 0 Å². The summed E-state index contributed by atoms with van der Waals surface area (Å²) in [6.07, 6.45) is 2.81. The van der Waals surface area contributed by atoms with Crippen molar-refractivity contribution >= 4 is 17.9 Å². The summed E-state index contributed by atoms with van der Waals surface area (Å²) < 4.78 is 9.79. The van der Waals surface area contributed by atoms with Gasteiger partial charge in [-0.1, -0.05) is 13.5 Å². The standard InChI is InChI=1S/C15H22O5/c1-5-12(16)20-14(18)15(4)8-7-10(3)9-11(15)13(17)19-6-2/h5,10-11H,1,6-9H2,2-4H3. The summed E-state index contributed by atoms with van der Waals surface area (Å²) in [5.41, 5.74) is -1.02. The topological polar surface area (TPSA) is 69.7 Å². The van der Waals surface area contributed by atoms with E-state index in [0.717, 1.165) is 12.5 Å². The predicted molar refractivity (Wildman–Crippen MR) is 72.5 cm³/mol. The van der Waals surface area contributed by atoms with Crippen LogP contribution in [0.15, 0.2) is 12.7 Å². The highest BCUT2D eigenvalue weighted by molar-refractivity contribution is 5.95. The van der Waals surface area contributed by atoms with Gasteiger partial charge in [0.2, 0.25) is 0 Å². The van der Waals surface area contributed by atoms with Gasteiger partial charge in [-0.2, -0.15) is 0 Å². The molecule has 0 aromatic heterocycles. The van der Waals surface area contributed by atoms with E-state index < -0.39 is 29.2 Å². The maximum atomic E-state index is 12.2. The van der Waals surface area contributed by atoms with Crippen LogP contribution in [0.2, 0.25) is 0 Å². The molecule has 0 aromatic carbocycles. The first-order valence-corrected chi connectivity index (χ1v) is 6.90. The van der Waals surface area contributed by atoms with Crippen molar-refractivity contribution in [2.75, 3.05) is 6.61 Å². The molecule has 5 nitrogen and oxygen atoms in total. The number of hydrogen-bond acceptors (Lipinski definition) is 5. The minimum absolute atomic E-state index is 0.264. The molecule has 1 fully saturated rings. The zero-order valence-electron chi connectivity index (χ0n) is 12.3. The van der Waals surface area contributed by atoms with Gasteiger partial charge in [0.15, 0.2) is 0 Å². The van der Waals surface area contributed by atoms with Crippen LogP contribution >= 0.6 is 0 Å². The molecular weight excluding hydrogens is 260 g/mol. The first-order valence-electron chi connectivity index (χ1n) is 6.90. The molecule has 1 aliphatic carbocycles. The maximum absolute atomic E-state index is 12.2. The molecule has 0 N–H and O–H groups in total. The number of hydrogen-bond donors (Lipinski definition) is 0. The van der Waals surface area contributed by atoms with Gasteiger partial charge in [-0.3, -0.25) is 9.59 Å². The van der Waals surface area contributed by atoms with Crippen molar-refractivity contribution in [3.8, 4) is 0 Å². The fourth-order valence-corrected chi connectivity index (χ4v) is 2.59. The number of rotatable bonds is 4. The molecule has 1 aliphatic rings. The monoisotopic (exact) mass is 282 g/mol. The number of carbonyl (C=O) groups excluding carboxylic acids is 3.